The fraction of sp³-hybridized carbons (Fsp3) is 0.500. The van der Waals surface area contributed by atoms with Crippen LogP contribution in [0.3, 0.4) is 0 Å². The van der Waals surface area contributed by atoms with Crippen molar-refractivity contribution in [2.24, 2.45) is 0 Å². The second-order valence-corrected chi connectivity index (χ2v) is 9.03. The van der Waals surface area contributed by atoms with Crippen LogP contribution in [0, 0.1) is 12.7 Å². The van der Waals surface area contributed by atoms with Crippen molar-refractivity contribution in [2.75, 3.05) is 13.1 Å². The minimum atomic E-state index is -0.396. The van der Waals surface area contributed by atoms with Crippen LogP contribution in [0.4, 0.5) is 4.39 Å². The van der Waals surface area contributed by atoms with Crippen molar-refractivity contribution in [1.29, 1.82) is 0 Å². The highest BCUT2D eigenvalue weighted by molar-refractivity contribution is 7.13. The van der Waals surface area contributed by atoms with Gasteiger partial charge in [-0.3, -0.25) is 9.59 Å². The van der Waals surface area contributed by atoms with Gasteiger partial charge in [0.1, 0.15) is 10.7 Å². The van der Waals surface area contributed by atoms with Crippen LogP contribution in [-0.2, 0) is 0 Å². The monoisotopic (exact) mass is 415 g/mol. The molecule has 2 aliphatic rings. The molecule has 1 saturated heterocycles. The van der Waals surface area contributed by atoms with E-state index in [1.165, 1.54) is 36.3 Å². The molecule has 4 rings (SSSR count). The number of carbonyl (C=O) groups excluding carboxylic acids is 2. The summed E-state index contributed by atoms with van der Waals surface area (Å²) in [6, 6.07) is 6.13. The lowest BCUT2D eigenvalue weighted by molar-refractivity contribution is 0.0712. The van der Waals surface area contributed by atoms with Gasteiger partial charge in [-0.1, -0.05) is 18.9 Å². The van der Waals surface area contributed by atoms with Crippen molar-refractivity contribution in [3.8, 4) is 0 Å². The summed E-state index contributed by atoms with van der Waals surface area (Å²) in [6.07, 6.45) is 6.10. The zero-order valence-corrected chi connectivity index (χ0v) is 17.4. The van der Waals surface area contributed by atoms with Crippen molar-refractivity contribution >= 4 is 23.2 Å². The summed E-state index contributed by atoms with van der Waals surface area (Å²) >= 11 is 1.49. The van der Waals surface area contributed by atoms with Crippen molar-refractivity contribution in [3.63, 3.8) is 0 Å². The zero-order valence-electron chi connectivity index (χ0n) is 16.6. The Balaban J connectivity index is 1.37. The second-order valence-electron chi connectivity index (χ2n) is 8.00. The fourth-order valence-corrected chi connectivity index (χ4v) is 5.40. The lowest BCUT2D eigenvalue weighted by Gasteiger charge is -2.31. The van der Waals surface area contributed by atoms with Gasteiger partial charge in [0.15, 0.2) is 0 Å². The third kappa shape index (κ3) is 4.50. The molecule has 5 nitrogen and oxygen atoms in total. The van der Waals surface area contributed by atoms with Crippen LogP contribution in [0.5, 0.6) is 0 Å². The predicted octanol–water partition coefficient (Wildman–Crippen LogP) is 4.28. The van der Waals surface area contributed by atoms with E-state index in [0.29, 0.717) is 29.6 Å². The normalized spacial score (nSPS) is 18.2. The second kappa shape index (κ2) is 8.61. The number of rotatable bonds is 4. The first-order valence-electron chi connectivity index (χ1n) is 10.3. The summed E-state index contributed by atoms with van der Waals surface area (Å²) in [5.41, 5.74) is 1.18. The molecule has 2 fully saturated rings. The molecule has 0 spiro atoms. The standard InChI is InChI=1S/C22H26FN3O2S/c1-14-19(20(27)25-18-7-2-3-8-18)29-21(24-14)15-9-11-26(12-10-15)22(28)16-5-4-6-17(23)13-16/h4-6,13,15,18H,2-3,7-12H2,1H3,(H,25,27). The third-order valence-corrected chi connectivity index (χ3v) is 7.23. The van der Waals surface area contributed by atoms with Gasteiger partial charge in [0.05, 0.1) is 10.7 Å². The molecule has 0 unspecified atom stereocenters. The molecule has 1 aromatic heterocycles. The van der Waals surface area contributed by atoms with Gasteiger partial charge in [0, 0.05) is 30.6 Å². The summed E-state index contributed by atoms with van der Waals surface area (Å²) in [7, 11) is 0. The molecular weight excluding hydrogens is 389 g/mol. The zero-order chi connectivity index (χ0) is 20.4. The molecule has 1 aromatic carbocycles. The highest BCUT2D eigenvalue weighted by Crippen LogP contribution is 2.33. The molecule has 0 bridgehead atoms. The Bertz CT molecular complexity index is 899. The average molecular weight is 416 g/mol. The first-order chi connectivity index (χ1) is 14.0. The number of aromatic nitrogens is 1. The number of aryl methyl sites for hydroxylation is 1. The number of likely N-dealkylation sites (tertiary alicyclic amines) is 1. The molecule has 154 valence electrons. The Morgan fingerprint density at radius 1 is 1.17 bits per heavy atom. The molecule has 2 heterocycles. The van der Waals surface area contributed by atoms with Crippen molar-refractivity contribution in [1.82, 2.24) is 15.2 Å². The van der Waals surface area contributed by atoms with Crippen LogP contribution in [-0.4, -0.2) is 40.8 Å². The van der Waals surface area contributed by atoms with Crippen molar-refractivity contribution in [2.45, 2.75) is 57.4 Å². The average Bonchev–Trinajstić information content (AvgIpc) is 3.37. The van der Waals surface area contributed by atoms with E-state index in [2.05, 4.69) is 10.3 Å². The molecule has 0 atom stereocenters. The number of halogens is 1. The molecule has 1 saturated carbocycles. The van der Waals surface area contributed by atoms with Gasteiger partial charge in [-0.2, -0.15) is 0 Å². The van der Waals surface area contributed by atoms with Crippen LogP contribution >= 0.6 is 11.3 Å². The molecule has 7 heteroatoms. The highest BCUT2D eigenvalue weighted by atomic mass is 32.1. The van der Waals surface area contributed by atoms with Crippen LogP contribution in [0.25, 0.3) is 0 Å². The Morgan fingerprint density at radius 2 is 1.90 bits per heavy atom. The van der Waals surface area contributed by atoms with Crippen LogP contribution < -0.4 is 5.32 Å². The van der Waals surface area contributed by atoms with Crippen LogP contribution in [0.2, 0.25) is 0 Å². The Labute approximate surface area is 174 Å². The van der Waals surface area contributed by atoms with Crippen molar-refractivity contribution < 1.29 is 14.0 Å². The molecule has 1 N–H and O–H groups in total. The number of thiazole rings is 1. The third-order valence-electron chi connectivity index (χ3n) is 5.91. The maximum absolute atomic E-state index is 13.4. The number of nitrogens with one attached hydrogen (secondary N) is 1. The summed E-state index contributed by atoms with van der Waals surface area (Å²) in [5, 5.41) is 4.13. The first kappa shape index (κ1) is 20.0. The lowest BCUT2D eigenvalue weighted by atomic mass is 9.97. The van der Waals surface area contributed by atoms with E-state index in [4.69, 9.17) is 0 Å². The van der Waals surface area contributed by atoms with E-state index in [-0.39, 0.29) is 17.7 Å². The van der Waals surface area contributed by atoms with E-state index >= 15 is 0 Å². The van der Waals surface area contributed by atoms with E-state index in [1.807, 2.05) is 6.92 Å². The largest absolute Gasteiger partial charge is 0.349 e. The molecular formula is C22H26FN3O2S. The van der Waals surface area contributed by atoms with Gasteiger partial charge in [-0.05, 0) is 50.8 Å². The van der Waals surface area contributed by atoms with Crippen LogP contribution in [0.1, 0.15) is 75.2 Å². The number of amides is 2. The molecule has 0 radical (unpaired) electrons. The van der Waals surface area contributed by atoms with Gasteiger partial charge in [-0.25, -0.2) is 9.37 Å². The van der Waals surface area contributed by atoms with E-state index in [1.54, 1.807) is 17.0 Å². The molecule has 29 heavy (non-hydrogen) atoms. The van der Waals surface area contributed by atoms with Crippen molar-refractivity contribution in [3.05, 3.63) is 51.2 Å². The topological polar surface area (TPSA) is 62.3 Å². The maximum atomic E-state index is 13.4. The Morgan fingerprint density at radius 3 is 2.59 bits per heavy atom. The SMILES string of the molecule is Cc1nc(C2CCN(C(=O)c3cccc(F)c3)CC2)sc1C(=O)NC1CCCC1. The predicted molar refractivity (Wildman–Crippen MR) is 111 cm³/mol. The number of hydrogen-bond acceptors (Lipinski definition) is 4. The number of carbonyl (C=O) groups is 2. The van der Waals surface area contributed by atoms with Crippen LogP contribution in [0.15, 0.2) is 24.3 Å². The van der Waals surface area contributed by atoms with Gasteiger partial charge in [-0.15, -0.1) is 11.3 Å². The maximum Gasteiger partial charge on any atom is 0.263 e. The van der Waals surface area contributed by atoms with E-state index < -0.39 is 5.82 Å². The Kier molecular flexibility index (Phi) is 5.94. The number of benzene rings is 1. The number of nitrogens with zero attached hydrogens (tertiary/aromatic N) is 2. The summed E-state index contributed by atoms with van der Waals surface area (Å²) < 4.78 is 13.4. The summed E-state index contributed by atoms with van der Waals surface area (Å²) in [4.78, 5) is 32.4. The Hall–Kier alpha value is -2.28. The summed E-state index contributed by atoms with van der Waals surface area (Å²) in [5.74, 6) is -0.275. The van der Waals surface area contributed by atoms with E-state index in [9.17, 15) is 14.0 Å². The quantitative estimate of drug-likeness (QED) is 0.811. The molecule has 2 amide bonds. The molecule has 1 aliphatic heterocycles. The van der Waals surface area contributed by atoms with E-state index in [0.717, 1.165) is 36.4 Å². The first-order valence-corrected chi connectivity index (χ1v) is 11.2. The highest BCUT2D eigenvalue weighted by Gasteiger charge is 2.28. The molecule has 1 aliphatic carbocycles. The summed E-state index contributed by atoms with van der Waals surface area (Å²) in [6.45, 7) is 3.12. The minimum absolute atomic E-state index is 0.00290. The van der Waals surface area contributed by atoms with Gasteiger partial charge in [0.25, 0.3) is 11.8 Å². The van der Waals surface area contributed by atoms with Gasteiger partial charge >= 0.3 is 0 Å². The smallest absolute Gasteiger partial charge is 0.263 e. The fourth-order valence-electron chi connectivity index (χ4n) is 4.26. The minimum Gasteiger partial charge on any atom is -0.349 e. The lowest BCUT2D eigenvalue weighted by Crippen LogP contribution is -2.37. The molecule has 2 aromatic rings. The van der Waals surface area contributed by atoms with Gasteiger partial charge < -0.3 is 10.2 Å². The van der Waals surface area contributed by atoms with Gasteiger partial charge in [0.2, 0.25) is 0 Å². The number of hydrogen-bond donors (Lipinski definition) is 1. The number of piperidine rings is 1.